The summed E-state index contributed by atoms with van der Waals surface area (Å²) in [5.74, 6) is 0.0294. The Kier molecular flexibility index (Phi) is 3.66. The number of nitro groups is 1. The van der Waals surface area contributed by atoms with E-state index in [4.69, 9.17) is 0 Å². The molecule has 1 aromatic carbocycles. The standard InChI is InChI=1S/C14H17N5O3/c1-11-6-5-9-16(10-11)14-13(19(21)22)15-17(18(14)20)12-7-3-2-4-8-12/h2-4,7-8,11H,5-6,9-10H2,1H3. The van der Waals surface area contributed by atoms with E-state index in [0.717, 1.165) is 17.6 Å². The zero-order chi connectivity index (χ0) is 15.7. The van der Waals surface area contributed by atoms with E-state index in [2.05, 4.69) is 12.0 Å². The average Bonchev–Trinajstić information content (AvgIpc) is 2.86. The number of aromatic nitrogens is 3. The van der Waals surface area contributed by atoms with Gasteiger partial charge in [-0.15, -0.1) is 0 Å². The molecule has 1 aliphatic rings. The van der Waals surface area contributed by atoms with Gasteiger partial charge in [-0.05, 0) is 35.8 Å². The molecule has 2 heterocycles. The topological polar surface area (TPSA) is 91.1 Å². The van der Waals surface area contributed by atoms with E-state index in [1.807, 2.05) is 6.07 Å². The van der Waals surface area contributed by atoms with Gasteiger partial charge in [0, 0.05) is 5.10 Å². The highest BCUT2D eigenvalue weighted by Crippen LogP contribution is 2.27. The average molecular weight is 303 g/mol. The van der Waals surface area contributed by atoms with Crippen LogP contribution >= 0.6 is 0 Å². The molecule has 8 nitrogen and oxygen atoms in total. The molecule has 3 rings (SSSR count). The van der Waals surface area contributed by atoms with E-state index >= 15 is 0 Å². The SMILES string of the molecule is CC1CCCN(c2c([N+](=O)[O-])nn(-c3ccccc3)[n+]2[O-])C1. The molecule has 0 radical (unpaired) electrons. The van der Waals surface area contributed by atoms with Crippen molar-refractivity contribution in [3.05, 3.63) is 45.7 Å². The number of hydrogen-bond acceptors (Lipinski definition) is 5. The van der Waals surface area contributed by atoms with E-state index in [-0.39, 0.29) is 5.82 Å². The number of rotatable bonds is 3. The molecule has 0 spiro atoms. The Labute approximate surface area is 127 Å². The summed E-state index contributed by atoms with van der Waals surface area (Å²) in [7, 11) is 0. The van der Waals surface area contributed by atoms with Crippen molar-refractivity contribution in [2.75, 3.05) is 18.0 Å². The van der Waals surface area contributed by atoms with Crippen molar-refractivity contribution in [1.82, 2.24) is 9.90 Å². The minimum atomic E-state index is -0.595. The number of piperidine rings is 1. The Morgan fingerprint density at radius 1 is 1.36 bits per heavy atom. The second kappa shape index (κ2) is 5.63. The number of anilines is 1. The van der Waals surface area contributed by atoms with Gasteiger partial charge in [-0.25, -0.2) is 0 Å². The fourth-order valence-electron chi connectivity index (χ4n) is 2.84. The first-order valence-corrected chi connectivity index (χ1v) is 7.25. The van der Waals surface area contributed by atoms with Gasteiger partial charge in [0.25, 0.3) is 0 Å². The van der Waals surface area contributed by atoms with Gasteiger partial charge in [0.15, 0.2) is 0 Å². The van der Waals surface area contributed by atoms with Crippen LogP contribution in [0.4, 0.5) is 11.6 Å². The lowest BCUT2D eigenvalue weighted by atomic mass is 10.0. The largest absolute Gasteiger partial charge is 0.723 e. The predicted molar refractivity (Wildman–Crippen MR) is 79.8 cm³/mol. The Balaban J connectivity index is 2.08. The van der Waals surface area contributed by atoms with E-state index in [1.54, 1.807) is 29.2 Å². The van der Waals surface area contributed by atoms with Gasteiger partial charge in [-0.1, -0.05) is 29.9 Å². The summed E-state index contributed by atoms with van der Waals surface area (Å²) < 4.78 is 0. The summed E-state index contributed by atoms with van der Waals surface area (Å²) in [6, 6.07) is 8.70. The van der Waals surface area contributed by atoms with E-state index < -0.39 is 10.7 Å². The first-order valence-electron chi connectivity index (χ1n) is 7.25. The molecule has 2 aromatic rings. The quantitative estimate of drug-likeness (QED) is 0.372. The molecule has 1 unspecified atom stereocenters. The Bertz CT molecular complexity index is 685. The van der Waals surface area contributed by atoms with Gasteiger partial charge >= 0.3 is 11.6 Å². The van der Waals surface area contributed by atoms with Crippen LogP contribution < -0.4 is 9.75 Å². The first-order chi connectivity index (χ1) is 10.6. The number of para-hydroxylation sites is 1. The first kappa shape index (κ1) is 14.3. The van der Waals surface area contributed by atoms with Crippen LogP contribution in [0.1, 0.15) is 19.8 Å². The molecule has 1 fully saturated rings. The van der Waals surface area contributed by atoms with Gasteiger partial charge in [-0.3, -0.25) is 4.90 Å². The van der Waals surface area contributed by atoms with Crippen molar-refractivity contribution >= 4 is 11.6 Å². The van der Waals surface area contributed by atoms with E-state index in [9.17, 15) is 15.3 Å². The second-order valence-electron chi connectivity index (χ2n) is 5.60. The molecular weight excluding hydrogens is 286 g/mol. The molecule has 0 saturated carbocycles. The predicted octanol–water partition coefficient (Wildman–Crippen LogP) is 1.65. The summed E-state index contributed by atoms with van der Waals surface area (Å²) in [6.07, 6.45) is 1.98. The van der Waals surface area contributed by atoms with Crippen molar-refractivity contribution in [3.8, 4) is 5.69 Å². The van der Waals surface area contributed by atoms with Crippen LogP contribution in [0.5, 0.6) is 0 Å². The zero-order valence-corrected chi connectivity index (χ0v) is 12.3. The summed E-state index contributed by atoms with van der Waals surface area (Å²) >= 11 is 0. The van der Waals surface area contributed by atoms with E-state index in [0.29, 0.717) is 29.5 Å². The number of benzene rings is 1. The third-order valence-electron chi connectivity index (χ3n) is 3.86. The van der Waals surface area contributed by atoms with Crippen molar-refractivity contribution in [3.63, 3.8) is 0 Å². The van der Waals surface area contributed by atoms with Crippen molar-refractivity contribution < 1.29 is 9.77 Å². The fourth-order valence-corrected chi connectivity index (χ4v) is 2.84. The molecule has 1 aliphatic heterocycles. The molecule has 8 heteroatoms. The van der Waals surface area contributed by atoms with Crippen LogP contribution in [0.25, 0.3) is 5.69 Å². The maximum Gasteiger partial charge on any atom is 0.428 e. The highest BCUT2D eigenvalue weighted by Gasteiger charge is 2.34. The van der Waals surface area contributed by atoms with Gasteiger partial charge in [0.05, 0.1) is 13.1 Å². The summed E-state index contributed by atoms with van der Waals surface area (Å²) in [6.45, 7) is 3.34. The van der Waals surface area contributed by atoms with Crippen LogP contribution in [0.15, 0.2) is 30.3 Å². The second-order valence-corrected chi connectivity index (χ2v) is 5.60. The van der Waals surface area contributed by atoms with Crippen molar-refractivity contribution in [2.45, 2.75) is 19.8 Å². The maximum atomic E-state index is 12.6. The Morgan fingerprint density at radius 3 is 2.73 bits per heavy atom. The molecule has 116 valence electrons. The van der Waals surface area contributed by atoms with Gasteiger partial charge < -0.3 is 15.3 Å². The van der Waals surface area contributed by atoms with Gasteiger partial charge in [0.2, 0.25) is 0 Å². The fraction of sp³-hybridized carbons (Fsp3) is 0.429. The third-order valence-corrected chi connectivity index (χ3v) is 3.86. The highest BCUT2D eigenvalue weighted by molar-refractivity contribution is 5.49. The van der Waals surface area contributed by atoms with Crippen LogP contribution in [-0.2, 0) is 0 Å². The number of hydrogen-bond donors (Lipinski definition) is 0. The Morgan fingerprint density at radius 2 is 2.09 bits per heavy atom. The molecule has 1 atom stereocenters. The summed E-state index contributed by atoms with van der Waals surface area (Å²) in [5, 5.41) is 27.8. The molecule has 0 aliphatic carbocycles. The lowest BCUT2D eigenvalue weighted by Crippen LogP contribution is -2.46. The minimum Gasteiger partial charge on any atom is -0.723 e. The molecule has 0 bridgehead atoms. The zero-order valence-electron chi connectivity index (χ0n) is 12.3. The summed E-state index contributed by atoms with van der Waals surface area (Å²) in [5.41, 5.74) is 0.497. The highest BCUT2D eigenvalue weighted by atomic mass is 16.6. The minimum absolute atomic E-state index is 0.0282. The summed E-state index contributed by atoms with van der Waals surface area (Å²) in [4.78, 5) is 14.0. The smallest absolute Gasteiger partial charge is 0.428 e. The van der Waals surface area contributed by atoms with Crippen LogP contribution in [0, 0.1) is 21.2 Å². The molecule has 1 saturated heterocycles. The molecule has 0 amide bonds. The number of nitrogens with zero attached hydrogens (tertiary/aromatic N) is 5. The lowest BCUT2D eigenvalue weighted by Gasteiger charge is -2.28. The van der Waals surface area contributed by atoms with Crippen LogP contribution in [0.2, 0.25) is 0 Å². The lowest BCUT2D eigenvalue weighted by molar-refractivity contribution is -0.677. The Hall–Kier alpha value is -2.64. The van der Waals surface area contributed by atoms with Crippen molar-refractivity contribution in [2.24, 2.45) is 5.92 Å². The molecule has 0 N–H and O–H groups in total. The normalized spacial score (nSPS) is 18.4. The molecular formula is C14H17N5O3. The molecule has 22 heavy (non-hydrogen) atoms. The monoisotopic (exact) mass is 303 g/mol. The molecule has 1 aromatic heterocycles. The maximum absolute atomic E-state index is 12.6. The van der Waals surface area contributed by atoms with Crippen molar-refractivity contribution in [1.29, 1.82) is 0 Å². The van der Waals surface area contributed by atoms with E-state index in [1.165, 1.54) is 0 Å². The van der Waals surface area contributed by atoms with Gasteiger partial charge in [0.1, 0.15) is 5.69 Å². The third kappa shape index (κ3) is 2.47. The van der Waals surface area contributed by atoms with Crippen LogP contribution in [0.3, 0.4) is 0 Å². The van der Waals surface area contributed by atoms with Crippen LogP contribution in [-0.4, -0.2) is 27.9 Å². The van der Waals surface area contributed by atoms with Gasteiger partial charge in [-0.2, -0.15) is 4.85 Å².